The van der Waals surface area contributed by atoms with Crippen molar-refractivity contribution in [2.24, 2.45) is 5.41 Å². The number of rotatable bonds is 4. The second kappa shape index (κ2) is 6.99. The van der Waals surface area contributed by atoms with E-state index in [4.69, 9.17) is 23.2 Å². The molecule has 21 heavy (non-hydrogen) atoms. The van der Waals surface area contributed by atoms with Gasteiger partial charge in [-0.15, -0.1) is 0 Å². The molecule has 0 radical (unpaired) electrons. The average molecular weight is 330 g/mol. The molecule has 116 valence electrons. The molecule has 1 amide bonds. The van der Waals surface area contributed by atoms with Gasteiger partial charge in [-0.3, -0.25) is 4.79 Å². The summed E-state index contributed by atoms with van der Waals surface area (Å²) in [4.78, 5) is 14.2. The van der Waals surface area contributed by atoms with Crippen LogP contribution >= 0.6 is 23.2 Å². The maximum atomic E-state index is 12.4. The molecule has 1 aromatic carbocycles. The molecule has 0 bridgehead atoms. The lowest BCUT2D eigenvalue weighted by atomic mass is 9.77. The van der Waals surface area contributed by atoms with E-state index in [2.05, 4.69) is 6.92 Å². The Morgan fingerprint density at radius 1 is 1.33 bits per heavy atom. The monoisotopic (exact) mass is 329 g/mol. The van der Waals surface area contributed by atoms with E-state index in [1.54, 1.807) is 18.2 Å². The van der Waals surface area contributed by atoms with Gasteiger partial charge in [0.2, 0.25) is 5.91 Å². The first-order valence-electron chi connectivity index (χ1n) is 7.32. The van der Waals surface area contributed by atoms with Gasteiger partial charge in [0.15, 0.2) is 0 Å². The first-order chi connectivity index (χ1) is 9.99. The van der Waals surface area contributed by atoms with E-state index in [0.717, 1.165) is 24.8 Å². The van der Waals surface area contributed by atoms with Crippen molar-refractivity contribution in [2.45, 2.75) is 32.6 Å². The normalized spacial score (nSPS) is 17.8. The van der Waals surface area contributed by atoms with E-state index < -0.39 is 0 Å². The summed E-state index contributed by atoms with van der Waals surface area (Å²) < 4.78 is 0. The van der Waals surface area contributed by atoms with Gasteiger partial charge in [0.25, 0.3) is 0 Å². The van der Waals surface area contributed by atoms with Gasteiger partial charge < -0.3 is 10.0 Å². The van der Waals surface area contributed by atoms with Crippen LogP contribution in [0, 0.1) is 5.41 Å². The smallest absolute Gasteiger partial charge is 0.227 e. The molecule has 0 unspecified atom stereocenters. The van der Waals surface area contributed by atoms with Gasteiger partial charge in [0.05, 0.1) is 6.42 Å². The minimum Gasteiger partial charge on any atom is -0.396 e. The van der Waals surface area contributed by atoms with E-state index in [1.807, 2.05) is 4.90 Å². The highest BCUT2D eigenvalue weighted by Gasteiger charge is 2.33. The summed E-state index contributed by atoms with van der Waals surface area (Å²) >= 11 is 12.1. The van der Waals surface area contributed by atoms with Crippen molar-refractivity contribution in [1.82, 2.24) is 4.90 Å². The van der Waals surface area contributed by atoms with Crippen LogP contribution in [0.1, 0.15) is 31.7 Å². The second-order valence-electron chi connectivity index (χ2n) is 5.80. The van der Waals surface area contributed by atoms with Crippen LogP contribution in [0.5, 0.6) is 0 Å². The van der Waals surface area contributed by atoms with E-state index in [0.29, 0.717) is 23.1 Å². The van der Waals surface area contributed by atoms with Gasteiger partial charge in [0.1, 0.15) is 0 Å². The third-order valence-corrected chi connectivity index (χ3v) is 5.22. The molecule has 1 aliphatic heterocycles. The van der Waals surface area contributed by atoms with Gasteiger partial charge in [0, 0.05) is 29.7 Å². The van der Waals surface area contributed by atoms with Gasteiger partial charge in [-0.2, -0.15) is 0 Å². The number of carbonyl (C=O) groups is 1. The van der Waals surface area contributed by atoms with E-state index >= 15 is 0 Å². The van der Waals surface area contributed by atoms with Crippen molar-refractivity contribution in [3.8, 4) is 0 Å². The molecule has 0 aromatic heterocycles. The summed E-state index contributed by atoms with van der Waals surface area (Å²) in [6, 6.07) is 5.18. The van der Waals surface area contributed by atoms with Gasteiger partial charge in [-0.05, 0) is 48.4 Å². The lowest BCUT2D eigenvalue weighted by molar-refractivity contribution is -0.133. The van der Waals surface area contributed by atoms with Crippen molar-refractivity contribution in [3.63, 3.8) is 0 Å². The number of aliphatic hydroxyl groups excluding tert-OH is 1. The molecule has 0 aliphatic carbocycles. The Morgan fingerprint density at radius 2 is 2.00 bits per heavy atom. The van der Waals surface area contributed by atoms with Crippen LogP contribution < -0.4 is 0 Å². The van der Waals surface area contributed by atoms with E-state index in [9.17, 15) is 9.90 Å². The van der Waals surface area contributed by atoms with Gasteiger partial charge in [-0.1, -0.05) is 30.1 Å². The zero-order valence-corrected chi connectivity index (χ0v) is 13.8. The van der Waals surface area contributed by atoms with Crippen LogP contribution in [0.25, 0.3) is 0 Å². The molecule has 0 saturated carbocycles. The van der Waals surface area contributed by atoms with Crippen LogP contribution in [-0.2, 0) is 11.2 Å². The number of likely N-dealkylation sites (tertiary alicyclic amines) is 1. The Hall–Kier alpha value is -0.770. The molecule has 3 nitrogen and oxygen atoms in total. The molecule has 1 aliphatic rings. The highest BCUT2D eigenvalue weighted by Crippen LogP contribution is 2.34. The standard InChI is InChI=1S/C16H21Cl2NO2/c1-2-16(11-20)5-7-19(8-6-16)15(21)10-12-9-13(17)3-4-14(12)18/h3-4,9,20H,2,5-8,10-11H2,1H3. The lowest BCUT2D eigenvalue weighted by Gasteiger charge is -2.40. The molecule has 0 atom stereocenters. The number of hydrogen-bond acceptors (Lipinski definition) is 2. The Morgan fingerprint density at radius 3 is 2.57 bits per heavy atom. The fourth-order valence-corrected chi connectivity index (χ4v) is 3.19. The molecule has 1 saturated heterocycles. The van der Waals surface area contributed by atoms with Crippen molar-refractivity contribution in [2.75, 3.05) is 19.7 Å². The molecule has 2 rings (SSSR count). The summed E-state index contributed by atoms with van der Waals surface area (Å²) in [6.45, 7) is 3.70. The SMILES string of the molecule is CCC1(CO)CCN(C(=O)Cc2cc(Cl)ccc2Cl)CC1. The number of carbonyl (C=O) groups excluding carboxylic acids is 1. The van der Waals surface area contributed by atoms with Crippen molar-refractivity contribution >= 4 is 29.1 Å². The zero-order chi connectivity index (χ0) is 15.5. The van der Waals surface area contributed by atoms with Gasteiger partial charge >= 0.3 is 0 Å². The van der Waals surface area contributed by atoms with Crippen LogP contribution in [0.2, 0.25) is 10.0 Å². The summed E-state index contributed by atoms with van der Waals surface area (Å²) in [7, 11) is 0. The maximum Gasteiger partial charge on any atom is 0.227 e. The molecular weight excluding hydrogens is 309 g/mol. The summed E-state index contributed by atoms with van der Waals surface area (Å²) in [6.07, 6.45) is 2.94. The lowest BCUT2D eigenvalue weighted by Crippen LogP contribution is -2.45. The maximum absolute atomic E-state index is 12.4. The minimum atomic E-state index is -0.00944. The fourth-order valence-electron chi connectivity index (χ4n) is 2.81. The number of hydrogen-bond donors (Lipinski definition) is 1. The minimum absolute atomic E-state index is 0.00944. The number of amides is 1. The topological polar surface area (TPSA) is 40.5 Å². The molecule has 1 N–H and O–H groups in total. The van der Waals surface area contributed by atoms with Crippen molar-refractivity contribution in [3.05, 3.63) is 33.8 Å². The zero-order valence-electron chi connectivity index (χ0n) is 12.2. The van der Waals surface area contributed by atoms with Crippen molar-refractivity contribution in [1.29, 1.82) is 0 Å². The first-order valence-corrected chi connectivity index (χ1v) is 8.08. The number of aliphatic hydroxyl groups is 1. The van der Waals surface area contributed by atoms with E-state index in [-0.39, 0.29) is 24.3 Å². The summed E-state index contributed by atoms with van der Waals surface area (Å²) in [5, 5.41) is 10.7. The largest absolute Gasteiger partial charge is 0.396 e. The molecule has 1 aromatic rings. The number of benzene rings is 1. The molecule has 5 heteroatoms. The first kappa shape index (κ1) is 16.6. The molecule has 1 heterocycles. The fraction of sp³-hybridized carbons (Fsp3) is 0.562. The highest BCUT2D eigenvalue weighted by molar-refractivity contribution is 6.33. The Kier molecular flexibility index (Phi) is 5.53. The van der Waals surface area contributed by atoms with E-state index in [1.165, 1.54) is 0 Å². The van der Waals surface area contributed by atoms with Crippen molar-refractivity contribution < 1.29 is 9.90 Å². The predicted octanol–water partition coefficient (Wildman–Crippen LogP) is 3.55. The summed E-state index contributed by atoms with van der Waals surface area (Å²) in [5.41, 5.74) is 0.758. The van der Waals surface area contributed by atoms with Crippen LogP contribution in [0.3, 0.4) is 0 Å². The Labute approximate surface area is 135 Å². The average Bonchev–Trinajstić information content (AvgIpc) is 2.51. The molecule has 1 fully saturated rings. The van der Waals surface area contributed by atoms with Crippen LogP contribution in [0.4, 0.5) is 0 Å². The number of halogens is 2. The quantitative estimate of drug-likeness (QED) is 0.917. The second-order valence-corrected chi connectivity index (χ2v) is 6.65. The van der Waals surface area contributed by atoms with Crippen LogP contribution in [0.15, 0.2) is 18.2 Å². The molecular formula is C16H21Cl2NO2. The third-order valence-electron chi connectivity index (χ3n) is 4.61. The Bertz CT molecular complexity index is 505. The number of nitrogens with zero attached hydrogens (tertiary/aromatic N) is 1. The highest BCUT2D eigenvalue weighted by atomic mass is 35.5. The third kappa shape index (κ3) is 3.91. The Balaban J connectivity index is 1.98. The number of piperidine rings is 1. The predicted molar refractivity (Wildman–Crippen MR) is 85.8 cm³/mol. The summed E-state index contributed by atoms with van der Waals surface area (Å²) in [5.74, 6) is 0.0711. The molecule has 0 spiro atoms. The van der Waals surface area contributed by atoms with Gasteiger partial charge in [-0.25, -0.2) is 0 Å². The van der Waals surface area contributed by atoms with Crippen LogP contribution in [-0.4, -0.2) is 35.6 Å².